The number of rotatable bonds is 1. The molecular weight excluding hydrogens is 283 g/mol. The molecule has 0 bridgehead atoms. The smallest absolute Gasteiger partial charge is 0.0247 e. The summed E-state index contributed by atoms with van der Waals surface area (Å²) in [6.45, 7) is 2.37. The highest BCUT2D eigenvalue weighted by Crippen LogP contribution is 2.30. The summed E-state index contributed by atoms with van der Waals surface area (Å²) in [4.78, 5) is 0. The Morgan fingerprint density at radius 1 is 1.36 bits per heavy atom. The van der Waals surface area contributed by atoms with Gasteiger partial charge in [-0.25, -0.2) is 0 Å². The molecule has 1 aliphatic carbocycles. The molecule has 1 aliphatic rings. The third-order valence-electron chi connectivity index (χ3n) is 3.23. The minimum Gasteiger partial charge on any atom is -0.0812 e. The molecule has 1 atom stereocenters. The standard InChI is InChI=1S/C13H17I/c1-10-4-2-3-5-12-8-11(9-14)6-7-13(10)12/h6-8,10H,2-5,9H2,1H3. The Hall–Kier alpha value is -0.0500. The van der Waals surface area contributed by atoms with E-state index in [9.17, 15) is 0 Å². The second-order valence-electron chi connectivity index (χ2n) is 4.31. The topological polar surface area (TPSA) is 0 Å². The molecule has 0 radical (unpaired) electrons. The molecule has 0 aromatic heterocycles. The monoisotopic (exact) mass is 300 g/mol. The van der Waals surface area contributed by atoms with Crippen LogP contribution in [0.5, 0.6) is 0 Å². The first kappa shape index (κ1) is 10.5. The minimum absolute atomic E-state index is 0.774. The molecule has 1 unspecified atom stereocenters. The Balaban J connectivity index is 2.38. The maximum Gasteiger partial charge on any atom is 0.0247 e. The zero-order chi connectivity index (χ0) is 9.97. The van der Waals surface area contributed by atoms with Crippen LogP contribution < -0.4 is 0 Å². The van der Waals surface area contributed by atoms with Crippen molar-refractivity contribution in [2.24, 2.45) is 0 Å². The van der Waals surface area contributed by atoms with Crippen molar-refractivity contribution >= 4 is 22.6 Å². The van der Waals surface area contributed by atoms with E-state index in [4.69, 9.17) is 0 Å². The van der Waals surface area contributed by atoms with E-state index in [-0.39, 0.29) is 0 Å². The molecule has 0 saturated heterocycles. The van der Waals surface area contributed by atoms with Gasteiger partial charge in [0.15, 0.2) is 0 Å². The van der Waals surface area contributed by atoms with E-state index < -0.39 is 0 Å². The predicted octanol–water partition coefficient (Wildman–Crippen LogP) is 4.45. The van der Waals surface area contributed by atoms with Crippen LogP contribution in [0.25, 0.3) is 0 Å². The Bertz CT molecular complexity index is 317. The Kier molecular flexibility index (Phi) is 3.47. The van der Waals surface area contributed by atoms with Crippen molar-refractivity contribution in [2.45, 2.75) is 43.0 Å². The van der Waals surface area contributed by atoms with Crippen molar-refractivity contribution in [3.8, 4) is 0 Å². The lowest BCUT2D eigenvalue weighted by Crippen LogP contribution is -1.96. The molecule has 14 heavy (non-hydrogen) atoms. The summed E-state index contributed by atoms with van der Waals surface area (Å²) in [5.74, 6) is 0.774. The first-order valence-electron chi connectivity index (χ1n) is 5.49. The van der Waals surface area contributed by atoms with Crippen molar-refractivity contribution in [2.75, 3.05) is 0 Å². The van der Waals surface area contributed by atoms with Gasteiger partial charge >= 0.3 is 0 Å². The molecule has 1 heteroatoms. The largest absolute Gasteiger partial charge is 0.0812 e. The van der Waals surface area contributed by atoms with Crippen LogP contribution >= 0.6 is 22.6 Å². The number of hydrogen-bond donors (Lipinski definition) is 0. The molecule has 0 N–H and O–H groups in total. The third kappa shape index (κ3) is 2.13. The van der Waals surface area contributed by atoms with Gasteiger partial charge < -0.3 is 0 Å². The van der Waals surface area contributed by atoms with E-state index in [0.29, 0.717) is 0 Å². The molecule has 0 amide bonds. The van der Waals surface area contributed by atoms with Gasteiger partial charge in [0.05, 0.1) is 0 Å². The maximum absolute atomic E-state index is 2.44. The number of benzene rings is 1. The van der Waals surface area contributed by atoms with E-state index in [1.807, 2.05) is 0 Å². The summed E-state index contributed by atoms with van der Waals surface area (Å²) in [7, 11) is 0. The van der Waals surface area contributed by atoms with Crippen molar-refractivity contribution in [3.05, 3.63) is 34.9 Å². The fourth-order valence-electron chi connectivity index (χ4n) is 2.36. The zero-order valence-electron chi connectivity index (χ0n) is 8.72. The van der Waals surface area contributed by atoms with Gasteiger partial charge in [-0.1, -0.05) is 54.1 Å². The van der Waals surface area contributed by atoms with Crippen LogP contribution in [0.3, 0.4) is 0 Å². The van der Waals surface area contributed by atoms with Gasteiger partial charge in [0.25, 0.3) is 0 Å². The molecule has 0 nitrogen and oxygen atoms in total. The molecule has 0 aliphatic heterocycles. The van der Waals surface area contributed by atoms with Gasteiger partial charge in [-0.05, 0) is 41.9 Å². The molecule has 1 aromatic carbocycles. The predicted molar refractivity (Wildman–Crippen MR) is 70.1 cm³/mol. The Morgan fingerprint density at radius 3 is 3.00 bits per heavy atom. The van der Waals surface area contributed by atoms with Crippen molar-refractivity contribution in [1.82, 2.24) is 0 Å². The first-order chi connectivity index (χ1) is 6.81. The molecule has 76 valence electrons. The van der Waals surface area contributed by atoms with Crippen molar-refractivity contribution in [1.29, 1.82) is 0 Å². The van der Waals surface area contributed by atoms with Crippen LogP contribution in [0.4, 0.5) is 0 Å². The Morgan fingerprint density at radius 2 is 2.21 bits per heavy atom. The number of halogens is 1. The highest BCUT2D eigenvalue weighted by molar-refractivity contribution is 14.1. The average Bonchev–Trinajstić information content (AvgIpc) is 2.40. The third-order valence-corrected chi connectivity index (χ3v) is 4.11. The summed E-state index contributed by atoms with van der Waals surface area (Å²) in [6.07, 6.45) is 5.44. The van der Waals surface area contributed by atoms with Gasteiger partial charge in [0.1, 0.15) is 0 Å². The number of fused-ring (bicyclic) bond motifs is 1. The molecule has 0 spiro atoms. The summed E-state index contributed by atoms with van der Waals surface area (Å²) >= 11 is 2.44. The second-order valence-corrected chi connectivity index (χ2v) is 5.08. The second kappa shape index (κ2) is 4.65. The molecule has 0 saturated carbocycles. The lowest BCUT2D eigenvalue weighted by atomic mass is 9.93. The van der Waals surface area contributed by atoms with E-state index in [0.717, 1.165) is 10.3 Å². The summed E-state index contributed by atoms with van der Waals surface area (Å²) in [5, 5.41) is 0. The van der Waals surface area contributed by atoms with E-state index in [1.54, 1.807) is 11.1 Å². The fraction of sp³-hybridized carbons (Fsp3) is 0.538. The lowest BCUT2D eigenvalue weighted by Gasteiger charge is -2.13. The van der Waals surface area contributed by atoms with Crippen molar-refractivity contribution in [3.63, 3.8) is 0 Å². The van der Waals surface area contributed by atoms with E-state index in [1.165, 1.54) is 31.2 Å². The zero-order valence-corrected chi connectivity index (χ0v) is 10.9. The molecule has 2 rings (SSSR count). The van der Waals surface area contributed by atoms with Gasteiger partial charge in [-0.3, -0.25) is 0 Å². The molecule has 0 fully saturated rings. The highest BCUT2D eigenvalue weighted by atomic mass is 127. The molecule has 0 heterocycles. The highest BCUT2D eigenvalue weighted by Gasteiger charge is 2.14. The maximum atomic E-state index is 2.44. The number of hydrogen-bond acceptors (Lipinski definition) is 0. The van der Waals surface area contributed by atoms with Crippen LogP contribution in [-0.2, 0) is 10.8 Å². The van der Waals surface area contributed by atoms with Gasteiger partial charge in [-0.15, -0.1) is 0 Å². The molecular formula is C13H17I. The van der Waals surface area contributed by atoms with Gasteiger partial charge in [-0.2, -0.15) is 0 Å². The van der Waals surface area contributed by atoms with Gasteiger partial charge in [0, 0.05) is 4.43 Å². The van der Waals surface area contributed by atoms with Crippen LogP contribution in [0.2, 0.25) is 0 Å². The summed E-state index contributed by atoms with van der Waals surface area (Å²) in [6, 6.07) is 7.08. The number of alkyl halides is 1. The quantitative estimate of drug-likeness (QED) is 0.408. The van der Waals surface area contributed by atoms with Crippen LogP contribution in [0.1, 0.15) is 48.8 Å². The van der Waals surface area contributed by atoms with Crippen LogP contribution in [0.15, 0.2) is 18.2 Å². The Labute approximate surface area is 100 Å². The normalized spacial score (nSPS) is 21.4. The van der Waals surface area contributed by atoms with Gasteiger partial charge in [0.2, 0.25) is 0 Å². The van der Waals surface area contributed by atoms with E-state index >= 15 is 0 Å². The summed E-state index contributed by atoms with van der Waals surface area (Å²) < 4.78 is 1.14. The fourth-order valence-corrected chi connectivity index (χ4v) is 2.84. The van der Waals surface area contributed by atoms with Crippen LogP contribution in [-0.4, -0.2) is 0 Å². The van der Waals surface area contributed by atoms with E-state index in [2.05, 4.69) is 47.7 Å². The minimum atomic E-state index is 0.774. The average molecular weight is 300 g/mol. The molecule has 1 aromatic rings. The number of aryl methyl sites for hydroxylation is 1. The van der Waals surface area contributed by atoms with Crippen molar-refractivity contribution < 1.29 is 0 Å². The SMILES string of the molecule is CC1CCCCc2cc(CI)ccc21. The summed E-state index contributed by atoms with van der Waals surface area (Å²) in [5.41, 5.74) is 4.71. The van der Waals surface area contributed by atoms with Crippen LogP contribution in [0, 0.1) is 0 Å². The lowest BCUT2D eigenvalue weighted by molar-refractivity contribution is 0.635. The first-order valence-corrected chi connectivity index (χ1v) is 7.01.